The first-order valence-corrected chi connectivity index (χ1v) is 5.52. The molecule has 1 heterocycles. The molecule has 0 aliphatic carbocycles. The fourth-order valence-electron chi connectivity index (χ4n) is 1.26. The second-order valence-corrected chi connectivity index (χ2v) is 4.17. The number of alkyl halides is 1. The van der Waals surface area contributed by atoms with Gasteiger partial charge in [-0.2, -0.15) is 5.10 Å². The van der Waals surface area contributed by atoms with Crippen molar-refractivity contribution in [2.45, 2.75) is 32.2 Å². The van der Waals surface area contributed by atoms with Gasteiger partial charge in [0.2, 0.25) is 0 Å². The molecule has 0 saturated carbocycles. The van der Waals surface area contributed by atoms with E-state index in [1.54, 1.807) is 6.20 Å². The standard InChI is InChI=1S/C10H16ClN3O/c1-3-10(2,4-5-11)14-9(15)8-6-12-13-7-8/h6-7H,3-5H2,1-2H3,(H,12,13)(H,14,15). The fraction of sp³-hybridized carbons (Fsp3) is 0.600. The van der Waals surface area contributed by atoms with Crippen molar-refractivity contribution in [2.24, 2.45) is 0 Å². The molecule has 1 unspecified atom stereocenters. The minimum atomic E-state index is -0.240. The topological polar surface area (TPSA) is 57.8 Å². The highest BCUT2D eigenvalue weighted by atomic mass is 35.5. The van der Waals surface area contributed by atoms with Gasteiger partial charge in [0.05, 0.1) is 11.8 Å². The Bertz CT molecular complexity index is 312. The number of nitrogens with zero attached hydrogens (tertiary/aromatic N) is 1. The average molecular weight is 230 g/mol. The highest BCUT2D eigenvalue weighted by Crippen LogP contribution is 2.15. The van der Waals surface area contributed by atoms with Crippen molar-refractivity contribution in [1.29, 1.82) is 0 Å². The number of rotatable bonds is 5. The lowest BCUT2D eigenvalue weighted by Crippen LogP contribution is -2.45. The number of hydrogen-bond donors (Lipinski definition) is 2. The molecule has 1 aromatic heterocycles. The first-order chi connectivity index (χ1) is 7.11. The van der Waals surface area contributed by atoms with Gasteiger partial charge in [-0.25, -0.2) is 0 Å². The Morgan fingerprint density at radius 1 is 1.73 bits per heavy atom. The van der Waals surface area contributed by atoms with Crippen LogP contribution in [0.25, 0.3) is 0 Å². The Balaban J connectivity index is 2.63. The van der Waals surface area contributed by atoms with E-state index in [9.17, 15) is 4.79 Å². The van der Waals surface area contributed by atoms with E-state index in [1.165, 1.54) is 6.20 Å². The van der Waals surface area contributed by atoms with Gasteiger partial charge in [-0.15, -0.1) is 11.6 Å². The molecule has 5 heteroatoms. The van der Waals surface area contributed by atoms with Gasteiger partial charge in [-0.3, -0.25) is 9.89 Å². The molecule has 0 aliphatic rings. The minimum absolute atomic E-state index is 0.113. The van der Waals surface area contributed by atoms with Gasteiger partial charge in [-0.1, -0.05) is 6.92 Å². The fourth-order valence-corrected chi connectivity index (χ4v) is 1.67. The van der Waals surface area contributed by atoms with Crippen molar-refractivity contribution in [3.05, 3.63) is 18.0 Å². The zero-order valence-corrected chi connectivity index (χ0v) is 9.77. The van der Waals surface area contributed by atoms with Crippen LogP contribution >= 0.6 is 11.6 Å². The Kier molecular flexibility index (Phi) is 4.15. The summed E-state index contributed by atoms with van der Waals surface area (Å²) in [6, 6.07) is 0. The van der Waals surface area contributed by atoms with Gasteiger partial charge in [0.15, 0.2) is 0 Å². The number of aromatic nitrogens is 2. The van der Waals surface area contributed by atoms with Crippen LogP contribution in [0, 0.1) is 0 Å². The third-order valence-corrected chi connectivity index (χ3v) is 2.79. The van der Waals surface area contributed by atoms with E-state index in [-0.39, 0.29) is 11.4 Å². The van der Waals surface area contributed by atoms with Crippen LogP contribution in [0.15, 0.2) is 12.4 Å². The lowest BCUT2D eigenvalue weighted by molar-refractivity contribution is 0.0901. The van der Waals surface area contributed by atoms with Crippen molar-refractivity contribution in [3.63, 3.8) is 0 Å². The van der Waals surface area contributed by atoms with Crippen LogP contribution in [-0.2, 0) is 0 Å². The zero-order valence-electron chi connectivity index (χ0n) is 9.01. The molecule has 15 heavy (non-hydrogen) atoms. The highest BCUT2D eigenvalue weighted by molar-refractivity contribution is 6.17. The van der Waals surface area contributed by atoms with Gasteiger partial charge < -0.3 is 5.32 Å². The van der Waals surface area contributed by atoms with Crippen LogP contribution in [0.1, 0.15) is 37.0 Å². The van der Waals surface area contributed by atoms with E-state index in [2.05, 4.69) is 15.5 Å². The van der Waals surface area contributed by atoms with Gasteiger partial charge in [0.25, 0.3) is 5.91 Å². The molecule has 0 aliphatic heterocycles. The smallest absolute Gasteiger partial charge is 0.254 e. The number of aromatic amines is 1. The molecule has 0 bridgehead atoms. The molecule has 1 aromatic rings. The molecule has 0 aromatic carbocycles. The lowest BCUT2D eigenvalue weighted by atomic mass is 9.95. The average Bonchev–Trinajstić information content (AvgIpc) is 2.71. The van der Waals surface area contributed by atoms with Gasteiger partial charge >= 0.3 is 0 Å². The maximum atomic E-state index is 11.7. The maximum absolute atomic E-state index is 11.7. The van der Waals surface area contributed by atoms with Crippen LogP contribution in [0.2, 0.25) is 0 Å². The monoisotopic (exact) mass is 229 g/mol. The largest absolute Gasteiger partial charge is 0.347 e. The Hall–Kier alpha value is -1.03. The number of H-pyrrole nitrogens is 1. The number of nitrogens with one attached hydrogen (secondary N) is 2. The number of amides is 1. The zero-order chi connectivity index (χ0) is 11.3. The van der Waals surface area contributed by atoms with Crippen molar-refractivity contribution < 1.29 is 4.79 Å². The number of hydrogen-bond acceptors (Lipinski definition) is 2. The summed E-state index contributed by atoms with van der Waals surface area (Å²) in [6.07, 6.45) is 4.69. The highest BCUT2D eigenvalue weighted by Gasteiger charge is 2.24. The summed E-state index contributed by atoms with van der Waals surface area (Å²) < 4.78 is 0. The Morgan fingerprint density at radius 2 is 2.47 bits per heavy atom. The van der Waals surface area contributed by atoms with Crippen LogP contribution in [0.3, 0.4) is 0 Å². The molecule has 84 valence electrons. The predicted molar refractivity (Wildman–Crippen MR) is 60.1 cm³/mol. The molecular weight excluding hydrogens is 214 g/mol. The Morgan fingerprint density at radius 3 is 2.93 bits per heavy atom. The first-order valence-electron chi connectivity index (χ1n) is 4.98. The summed E-state index contributed by atoms with van der Waals surface area (Å²) in [5, 5.41) is 9.31. The van der Waals surface area contributed by atoms with Crippen molar-refractivity contribution in [3.8, 4) is 0 Å². The second-order valence-electron chi connectivity index (χ2n) is 3.79. The molecule has 0 radical (unpaired) electrons. The van der Waals surface area contributed by atoms with Crippen LogP contribution in [-0.4, -0.2) is 27.5 Å². The summed E-state index contributed by atoms with van der Waals surface area (Å²) in [4.78, 5) is 11.7. The van der Waals surface area contributed by atoms with Gasteiger partial charge in [0.1, 0.15) is 0 Å². The van der Waals surface area contributed by atoms with Crippen molar-refractivity contribution >= 4 is 17.5 Å². The van der Waals surface area contributed by atoms with E-state index in [0.717, 1.165) is 12.8 Å². The van der Waals surface area contributed by atoms with Gasteiger partial charge in [0, 0.05) is 17.6 Å². The van der Waals surface area contributed by atoms with E-state index in [1.807, 2.05) is 13.8 Å². The van der Waals surface area contributed by atoms with E-state index < -0.39 is 0 Å². The van der Waals surface area contributed by atoms with E-state index in [4.69, 9.17) is 11.6 Å². The molecule has 4 nitrogen and oxygen atoms in total. The van der Waals surface area contributed by atoms with Crippen LogP contribution in [0.5, 0.6) is 0 Å². The minimum Gasteiger partial charge on any atom is -0.347 e. The maximum Gasteiger partial charge on any atom is 0.254 e. The van der Waals surface area contributed by atoms with Crippen molar-refractivity contribution in [2.75, 3.05) is 5.88 Å². The summed E-state index contributed by atoms with van der Waals surface area (Å²) >= 11 is 5.70. The summed E-state index contributed by atoms with van der Waals surface area (Å²) in [5.74, 6) is 0.425. The molecule has 0 spiro atoms. The molecule has 1 rings (SSSR count). The summed E-state index contributed by atoms with van der Waals surface area (Å²) in [6.45, 7) is 4.02. The molecule has 0 saturated heterocycles. The predicted octanol–water partition coefficient (Wildman–Crippen LogP) is 1.94. The lowest BCUT2D eigenvalue weighted by Gasteiger charge is -2.28. The number of carbonyl (C=O) groups excluding carboxylic acids is 1. The third-order valence-electron chi connectivity index (χ3n) is 2.60. The third kappa shape index (κ3) is 3.23. The molecule has 1 amide bonds. The van der Waals surface area contributed by atoms with Crippen LogP contribution in [0.4, 0.5) is 0 Å². The summed E-state index contributed by atoms with van der Waals surface area (Å²) in [7, 11) is 0. The Labute approximate surface area is 94.4 Å². The van der Waals surface area contributed by atoms with Crippen molar-refractivity contribution in [1.82, 2.24) is 15.5 Å². The van der Waals surface area contributed by atoms with Gasteiger partial charge in [-0.05, 0) is 19.8 Å². The molecule has 1 atom stereocenters. The first kappa shape index (κ1) is 12.0. The molecular formula is C10H16ClN3O. The normalized spacial score (nSPS) is 14.6. The summed E-state index contributed by atoms with van der Waals surface area (Å²) in [5.41, 5.74) is 0.306. The molecule has 0 fully saturated rings. The quantitative estimate of drug-likeness (QED) is 0.759. The van der Waals surface area contributed by atoms with E-state index >= 15 is 0 Å². The van der Waals surface area contributed by atoms with E-state index in [0.29, 0.717) is 11.4 Å². The number of halogens is 1. The SMILES string of the molecule is CCC(C)(CCCl)NC(=O)c1cn[nH]c1. The second kappa shape index (κ2) is 5.16. The number of carbonyl (C=O) groups is 1. The molecule has 2 N–H and O–H groups in total. The van der Waals surface area contributed by atoms with Crippen LogP contribution < -0.4 is 5.32 Å².